The molecule has 0 aliphatic rings. The number of primary amides is 1. The first-order valence-corrected chi connectivity index (χ1v) is 4.10. The molecule has 0 unspecified atom stereocenters. The highest BCUT2D eigenvalue weighted by molar-refractivity contribution is 6.34. The number of carbonyl (C=O) groups is 1. The molecule has 6 heteroatoms. The average Bonchev–Trinajstić information content (AvgIpc) is 1.98. The van der Waals surface area contributed by atoms with E-state index < -0.39 is 11.5 Å². The van der Waals surface area contributed by atoms with E-state index in [2.05, 4.69) is 0 Å². The van der Waals surface area contributed by atoms with Gasteiger partial charge in [0.2, 0.25) is 5.91 Å². The molecule has 0 radical (unpaired) electrons. The van der Waals surface area contributed by atoms with Crippen molar-refractivity contribution in [1.29, 1.82) is 0 Å². The molecule has 0 fully saturated rings. The fourth-order valence-electron chi connectivity index (χ4n) is 0.850. The Morgan fingerprint density at radius 2 is 2.15 bits per heavy atom. The molecule has 1 aromatic heterocycles. The van der Waals surface area contributed by atoms with E-state index >= 15 is 0 Å². The first kappa shape index (κ1) is 10.1. The molecular weight excluding hydrogens is 215 g/mol. The topological polar surface area (TPSA) is 65.1 Å². The summed E-state index contributed by atoms with van der Waals surface area (Å²) in [6, 6.07) is 1.31. The van der Waals surface area contributed by atoms with Gasteiger partial charge >= 0.3 is 0 Å². The van der Waals surface area contributed by atoms with Crippen LogP contribution in [0, 0.1) is 0 Å². The van der Waals surface area contributed by atoms with E-state index in [4.69, 9.17) is 28.9 Å². The van der Waals surface area contributed by atoms with Gasteiger partial charge in [-0.25, -0.2) is 0 Å². The molecule has 1 rings (SSSR count). The number of pyridine rings is 1. The summed E-state index contributed by atoms with van der Waals surface area (Å²) in [5, 5.41) is 0.250. The number of halogens is 2. The summed E-state index contributed by atoms with van der Waals surface area (Å²) in [6.45, 7) is -0.223. The number of rotatable bonds is 2. The second kappa shape index (κ2) is 3.81. The van der Waals surface area contributed by atoms with Gasteiger partial charge in [-0.05, 0) is 6.07 Å². The van der Waals surface area contributed by atoms with Crippen LogP contribution in [0.25, 0.3) is 0 Å². The summed E-state index contributed by atoms with van der Waals surface area (Å²) >= 11 is 11.1. The van der Waals surface area contributed by atoms with Crippen LogP contribution in [0.4, 0.5) is 0 Å². The summed E-state index contributed by atoms with van der Waals surface area (Å²) in [5.74, 6) is -0.625. The highest BCUT2D eigenvalue weighted by Gasteiger charge is 2.05. The largest absolute Gasteiger partial charge is 0.368 e. The van der Waals surface area contributed by atoms with Crippen molar-refractivity contribution in [2.45, 2.75) is 6.54 Å². The van der Waals surface area contributed by atoms with E-state index in [0.29, 0.717) is 0 Å². The molecule has 1 heterocycles. The third-order valence-electron chi connectivity index (χ3n) is 1.34. The summed E-state index contributed by atoms with van der Waals surface area (Å²) in [4.78, 5) is 21.7. The SMILES string of the molecule is NC(=O)Cn1cc(Cl)cc(Cl)c1=O. The summed E-state index contributed by atoms with van der Waals surface area (Å²) < 4.78 is 1.06. The molecule has 0 saturated heterocycles. The lowest BCUT2D eigenvalue weighted by molar-refractivity contribution is -0.118. The molecule has 70 valence electrons. The molecule has 4 nitrogen and oxygen atoms in total. The van der Waals surface area contributed by atoms with Crippen LogP contribution in [-0.2, 0) is 11.3 Å². The maximum absolute atomic E-state index is 11.2. The molecule has 1 aromatic rings. The van der Waals surface area contributed by atoms with Crippen LogP contribution in [0.3, 0.4) is 0 Å². The standard InChI is InChI=1S/C7H6Cl2N2O2/c8-4-1-5(9)7(13)11(2-4)3-6(10)12/h1-2H,3H2,(H2,10,12). The average molecular weight is 221 g/mol. The Balaban J connectivity index is 3.21. The normalized spacial score (nSPS) is 10.0. The van der Waals surface area contributed by atoms with Gasteiger partial charge in [-0.15, -0.1) is 0 Å². The van der Waals surface area contributed by atoms with Gasteiger partial charge in [-0.2, -0.15) is 0 Å². The molecule has 0 bridgehead atoms. The number of nitrogens with zero attached hydrogens (tertiary/aromatic N) is 1. The smallest absolute Gasteiger partial charge is 0.269 e. The first-order valence-electron chi connectivity index (χ1n) is 3.34. The van der Waals surface area contributed by atoms with Crippen LogP contribution in [0.2, 0.25) is 10.0 Å². The Bertz CT molecular complexity index is 400. The lowest BCUT2D eigenvalue weighted by Crippen LogP contribution is -2.27. The Hall–Kier alpha value is -1.00. The molecule has 13 heavy (non-hydrogen) atoms. The molecular formula is C7H6Cl2N2O2. The lowest BCUT2D eigenvalue weighted by Gasteiger charge is -2.03. The molecule has 0 spiro atoms. The zero-order chi connectivity index (χ0) is 10.0. The minimum Gasteiger partial charge on any atom is -0.368 e. The fourth-order valence-corrected chi connectivity index (χ4v) is 1.36. The molecule has 2 N–H and O–H groups in total. The summed E-state index contributed by atoms with van der Waals surface area (Å²) in [6.07, 6.45) is 1.31. The van der Waals surface area contributed by atoms with Crippen molar-refractivity contribution < 1.29 is 4.79 Å². The van der Waals surface area contributed by atoms with Crippen LogP contribution >= 0.6 is 23.2 Å². The maximum atomic E-state index is 11.2. The zero-order valence-corrected chi connectivity index (χ0v) is 7.97. The number of aromatic nitrogens is 1. The Kier molecular flexibility index (Phi) is 2.95. The predicted molar refractivity (Wildman–Crippen MR) is 49.9 cm³/mol. The van der Waals surface area contributed by atoms with Crippen molar-refractivity contribution in [2.75, 3.05) is 0 Å². The Morgan fingerprint density at radius 1 is 1.54 bits per heavy atom. The zero-order valence-electron chi connectivity index (χ0n) is 6.46. The predicted octanol–water partition coefficient (Wildman–Crippen LogP) is 0.640. The van der Waals surface area contributed by atoms with Gasteiger partial charge in [0.25, 0.3) is 5.56 Å². The van der Waals surface area contributed by atoms with E-state index in [0.717, 1.165) is 4.57 Å². The minimum absolute atomic E-state index is 0.0336. The van der Waals surface area contributed by atoms with Crippen molar-refractivity contribution in [3.63, 3.8) is 0 Å². The Morgan fingerprint density at radius 3 is 2.69 bits per heavy atom. The molecule has 0 aliphatic carbocycles. The summed E-state index contributed by atoms with van der Waals surface area (Å²) in [5.41, 5.74) is 4.43. The van der Waals surface area contributed by atoms with E-state index in [-0.39, 0.29) is 16.6 Å². The van der Waals surface area contributed by atoms with Gasteiger partial charge in [0, 0.05) is 6.20 Å². The maximum Gasteiger partial charge on any atom is 0.269 e. The second-order valence-corrected chi connectivity index (χ2v) is 3.25. The van der Waals surface area contributed by atoms with Gasteiger partial charge in [0.05, 0.1) is 5.02 Å². The first-order chi connectivity index (χ1) is 6.00. The Labute approximate surface area is 83.9 Å². The number of amides is 1. The fraction of sp³-hybridized carbons (Fsp3) is 0.143. The molecule has 1 amide bonds. The highest BCUT2D eigenvalue weighted by Crippen LogP contribution is 2.10. The third kappa shape index (κ3) is 2.47. The van der Waals surface area contributed by atoms with Crippen molar-refractivity contribution in [1.82, 2.24) is 4.57 Å². The minimum atomic E-state index is -0.625. The van der Waals surface area contributed by atoms with Gasteiger partial charge < -0.3 is 10.3 Å². The van der Waals surface area contributed by atoms with Crippen molar-refractivity contribution in [2.24, 2.45) is 5.73 Å². The van der Waals surface area contributed by atoms with Gasteiger partial charge in [0.1, 0.15) is 11.6 Å². The monoisotopic (exact) mass is 220 g/mol. The van der Waals surface area contributed by atoms with Gasteiger partial charge in [0.15, 0.2) is 0 Å². The second-order valence-electron chi connectivity index (χ2n) is 2.41. The van der Waals surface area contributed by atoms with Gasteiger partial charge in [-0.1, -0.05) is 23.2 Å². The van der Waals surface area contributed by atoms with Crippen LogP contribution < -0.4 is 11.3 Å². The number of hydrogen-bond donors (Lipinski definition) is 1. The van der Waals surface area contributed by atoms with Crippen LogP contribution in [-0.4, -0.2) is 10.5 Å². The van der Waals surface area contributed by atoms with Crippen LogP contribution in [0.15, 0.2) is 17.1 Å². The van der Waals surface area contributed by atoms with Crippen molar-refractivity contribution >= 4 is 29.1 Å². The van der Waals surface area contributed by atoms with E-state index in [1.165, 1.54) is 12.3 Å². The number of hydrogen-bond acceptors (Lipinski definition) is 2. The van der Waals surface area contributed by atoms with Crippen molar-refractivity contribution in [3.8, 4) is 0 Å². The molecule has 0 aromatic carbocycles. The van der Waals surface area contributed by atoms with Crippen molar-refractivity contribution in [3.05, 3.63) is 32.7 Å². The quantitative estimate of drug-likeness (QED) is 0.796. The van der Waals surface area contributed by atoms with Crippen LogP contribution in [0.5, 0.6) is 0 Å². The highest BCUT2D eigenvalue weighted by atomic mass is 35.5. The molecule has 0 atom stereocenters. The molecule has 0 saturated carbocycles. The van der Waals surface area contributed by atoms with E-state index in [9.17, 15) is 9.59 Å². The van der Waals surface area contributed by atoms with Crippen LogP contribution in [0.1, 0.15) is 0 Å². The van der Waals surface area contributed by atoms with E-state index in [1.54, 1.807) is 0 Å². The molecule has 0 aliphatic heterocycles. The third-order valence-corrected chi connectivity index (χ3v) is 1.81. The van der Waals surface area contributed by atoms with E-state index in [1.807, 2.05) is 0 Å². The summed E-state index contributed by atoms with van der Waals surface area (Å²) in [7, 11) is 0. The number of carbonyl (C=O) groups excluding carboxylic acids is 1. The number of nitrogens with two attached hydrogens (primary N) is 1. The van der Waals surface area contributed by atoms with Gasteiger partial charge in [-0.3, -0.25) is 9.59 Å². The lowest BCUT2D eigenvalue weighted by atomic mass is 10.4.